The molecule has 0 bridgehead atoms. The standard InChI is InChI=1S/C14H26N4O2S/c1-3-9-15-10-12-11-16-17-13(12)21(19,20)18-14(2)7-5-4-6-8-14/h11,15,18H,3-10H2,1-2H3,(H,16,17). The van der Waals surface area contributed by atoms with Crippen LogP contribution in [-0.2, 0) is 16.6 Å². The van der Waals surface area contributed by atoms with E-state index in [2.05, 4.69) is 27.2 Å². The normalized spacial score (nSPS) is 18.8. The molecule has 1 saturated carbocycles. The highest BCUT2D eigenvalue weighted by Gasteiger charge is 2.33. The summed E-state index contributed by atoms with van der Waals surface area (Å²) in [6.07, 6.45) is 7.72. The van der Waals surface area contributed by atoms with E-state index in [-0.39, 0.29) is 10.6 Å². The molecular formula is C14H26N4O2S. The van der Waals surface area contributed by atoms with E-state index in [0.29, 0.717) is 12.1 Å². The Morgan fingerprint density at radius 1 is 1.33 bits per heavy atom. The van der Waals surface area contributed by atoms with Crippen LogP contribution in [0, 0.1) is 0 Å². The summed E-state index contributed by atoms with van der Waals surface area (Å²) in [6.45, 7) is 5.44. The van der Waals surface area contributed by atoms with Crippen LogP contribution >= 0.6 is 0 Å². The summed E-state index contributed by atoms with van der Waals surface area (Å²) < 4.78 is 28.1. The third kappa shape index (κ3) is 4.28. The predicted molar refractivity (Wildman–Crippen MR) is 82.4 cm³/mol. The van der Waals surface area contributed by atoms with Crippen LogP contribution in [0.15, 0.2) is 11.2 Å². The molecule has 21 heavy (non-hydrogen) atoms. The zero-order valence-electron chi connectivity index (χ0n) is 12.9. The summed E-state index contributed by atoms with van der Waals surface area (Å²) in [4.78, 5) is 0. The Bertz CT molecular complexity index is 547. The maximum absolute atomic E-state index is 12.6. The molecule has 6 nitrogen and oxygen atoms in total. The van der Waals surface area contributed by atoms with Crippen molar-refractivity contribution in [3.63, 3.8) is 0 Å². The number of nitrogens with zero attached hydrogens (tertiary/aromatic N) is 1. The van der Waals surface area contributed by atoms with E-state index in [1.54, 1.807) is 6.20 Å². The second-order valence-corrected chi connectivity index (χ2v) is 7.75. The maximum Gasteiger partial charge on any atom is 0.258 e. The molecule has 1 aliphatic carbocycles. The average molecular weight is 314 g/mol. The summed E-state index contributed by atoms with van der Waals surface area (Å²) in [7, 11) is -3.55. The van der Waals surface area contributed by atoms with Gasteiger partial charge in [-0.15, -0.1) is 0 Å². The molecule has 7 heteroatoms. The van der Waals surface area contributed by atoms with Crippen molar-refractivity contribution in [1.82, 2.24) is 20.2 Å². The molecule has 0 radical (unpaired) electrons. The van der Waals surface area contributed by atoms with Gasteiger partial charge >= 0.3 is 0 Å². The number of H-pyrrole nitrogens is 1. The lowest BCUT2D eigenvalue weighted by Gasteiger charge is -2.33. The van der Waals surface area contributed by atoms with Gasteiger partial charge in [-0.3, -0.25) is 5.10 Å². The Morgan fingerprint density at radius 2 is 2.05 bits per heavy atom. The Labute approximate surface area is 127 Å². The molecule has 1 aliphatic rings. The quantitative estimate of drug-likeness (QED) is 0.671. The summed E-state index contributed by atoms with van der Waals surface area (Å²) >= 11 is 0. The molecule has 120 valence electrons. The van der Waals surface area contributed by atoms with Crippen LogP contribution in [0.3, 0.4) is 0 Å². The first-order valence-electron chi connectivity index (χ1n) is 7.74. The number of rotatable bonds is 7. The largest absolute Gasteiger partial charge is 0.313 e. The molecule has 0 saturated heterocycles. The van der Waals surface area contributed by atoms with Gasteiger partial charge in [0.25, 0.3) is 10.0 Å². The summed E-state index contributed by atoms with van der Waals surface area (Å²) in [5.74, 6) is 0. The molecule has 0 spiro atoms. The molecule has 1 heterocycles. The second kappa shape index (κ2) is 6.89. The van der Waals surface area contributed by atoms with Crippen LogP contribution in [0.5, 0.6) is 0 Å². The molecular weight excluding hydrogens is 288 g/mol. The van der Waals surface area contributed by atoms with E-state index < -0.39 is 10.0 Å². The summed E-state index contributed by atoms with van der Waals surface area (Å²) in [5, 5.41) is 9.94. The lowest BCUT2D eigenvalue weighted by Crippen LogP contribution is -2.47. The number of sulfonamides is 1. The van der Waals surface area contributed by atoms with Gasteiger partial charge in [-0.1, -0.05) is 26.2 Å². The number of hydrogen-bond acceptors (Lipinski definition) is 4. The van der Waals surface area contributed by atoms with Gasteiger partial charge in [-0.2, -0.15) is 5.10 Å². The van der Waals surface area contributed by atoms with Gasteiger partial charge in [0.05, 0.1) is 6.20 Å². The topological polar surface area (TPSA) is 86.9 Å². The third-order valence-electron chi connectivity index (χ3n) is 4.03. The highest BCUT2D eigenvalue weighted by atomic mass is 32.2. The minimum absolute atomic E-state index is 0.193. The van der Waals surface area contributed by atoms with Gasteiger partial charge in [-0.05, 0) is 32.7 Å². The van der Waals surface area contributed by atoms with Gasteiger partial charge < -0.3 is 5.32 Å². The monoisotopic (exact) mass is 314 g/mol. The Kier molecular flexibility index (Phi) is 5.40. The Balaban J connectivity index is 2.10. The van der Waals surface area contributed by atoms with E-state index >= 15 is 0 Å². The molecule has 0 aliphatic heterocycles. The van der Waals surface area contributed by atoms with Gasteiger partial charge in [0.15, 0.2) is 5.03 Å². The fourth-order valence-electron chi connectivity index (χ4n) is 2.87. The number of aromatic nitrogens is 2. The first-order valence-corrected chi connectivity index (χ1v) is 9.22. The van der Waals surface area contributed by atoms with Crippen LogP contribution in [0.4, 0.5) is 0 Å². The maximum atomic E-state index is 12.6. The number of nitrogens with one attached hydrogen (secondary N) is 3. The third-order valence-corrected chi connectivity index (χ3v) is 5.68. The fraction of sp³-hybridized carbons (Fsp3) is 0.786. The SMILES string of the molecule is CCCNCc1cn[nH]c1S(=O)(=O)NC1(C)CCCCC1. The second-order valence-electron chi connectivity index (χ2n) is 6.13. The molecule has 2 rings (SSSR count). The molecule has 1 aromatic rings. The van der Waals surface area contributed by atoms with Crippen molar-refractivity contribution < 1.29 is 8.42 Å². The zero-order chi connectivity index (χ0) is 15.3. The van der Waals surface area contributed by atoms with Crippen molar-refractivity contribution in [1.29, 1.82) is 0 Å². The molecule has 0 amide bonds. The minimum Gasteiger partial charge on any atom is -0.313 e. The van der Waals surface area contributed by atoms with E-state index in [4.69, 9.17) is 0 Å². The van der Waals surface area contributed by atoms with Crippen molar-refractivity contribution in [2.75, 3.05) is 6.54 Å². The number of hydrogen-bond donors (Lipinski definition) is 3. The van der Waals surface area contributed by atoms with Gasteiger partial charge in [0.2, 0.25) is 0 Å². The average Bonchev–Trinajstić information content (AvgIpc) is 2.88. The Morgan fingerprint density at radius 3 is 2.71 bits per heavy atom. The van der Waals surface area contributed by atoms with Gasteiger partial charge in [0.1, 0.15) is 0 Å². The van der Waals surface area contributed by atoms with Crippen LogP contribution in [-0.4, -0.2) is 30.7 Å². The first-order chi connectivity index (χ1) is 9.97. The zero-order valence-corrected chi connectivity index (χ0v) is 13.7. The molecule has 0 aromatic carbocycles. The minimum atomic E-state index is -3.55. The van der Waals surface area contributed by atoms with Gasteiger partial charge in [0, 0.05) is 17.6 Å². The van der Waals surface area contributed by atoms with Crippen LogP contribution in [0.1, 0.15) is 57.9 Å². The molecule has 3 N–H and O–H groups in total. The van der Waals surface area contributed by atoms with Crippen LogP contribution in [0.2, 0.25) is 0 Å². The van der Waals surface area contributed by atoms with Crippen molar-refractivity contribution in [2.45, 2.75) is 69.5 Å². The summed E-state index contributed by atoms with van der Waals surface area (Å²) in [5.41, 5.74) is 0.353. The highest BCUT2D eigenvalue weighted by Crippen LogP contribution is 2.29. The van der Waals surface area contributed by atoms with E-state index in [1.807, 2.05) is 6.92 Å². The predicted octanol–water partition coefficient (Wildman–Crippen LogP) is 1.91. The van der Waals surface area contributed by atoms with Gasteiger partial charge in [-0.25, -0.2) is 13.1 Å². The van der Waals surface area contributed by atoms with E-state index in [9.17, 15) is 8.42 Å². The molecule has 1 aromatic heterocycles. The Hall–Kier alpha value is -0.920. The fourth-order valence-corrected chi connectivity index (χ4v) is 4.47. The lowest BCUT2D eigenvalue weighted by molar-refractivity contribution is 0.293. The van der Waals surface area contributed by atoms with E-state index in [0.717, 1.165) is 38.6 Å². The number of aromatic amines is 1. The molecule has 1 fully saturated rings. The van der Waals surface area contributed by atoms with Crippen molar-refractivity contribution in [3.8, 4) is 0 Å². The van der Waals surface area contributed by atoms with Crippen LogP contribution < -0.4 is 10.0 Å². The van der Waals surface area contributed by atoms with Crippen molar-refractivity contribution in [3.05, 3.63) is 11.8 Å². The van der Waals surface area contributed by atoms with Crippen molar-refractivity contribution in [2.24, 2.45) is 0 Å². The first kappa shape index (κ1) is 16.5. The smallest absolute Gasteiger partial charge is 0.258 e. The highest BCUT2D eigenvalue weighted by molar-refractivity contribution is 7.89. The lowest BCUT2D eigenvalue weighted by atomic mass is 9.84. The molecule has 0 unspecified atom stereocenters. The molecule has 0 atom stereocenters. The van der Waals surface area contributed by atoms with Crippen LogP contribution in [0.25, 0.3) is 0 Å². The van der Waals surface area contributed by atoms with Crippen molar-refractivity contribution >= 4 is 10.0 Å². The summed E-state index contributed by atoms with van der Waals surface area (Å²) in [6, 6.07) is 0. The van der Waals surface area contributed by atoms with E-state index in [1.165, 1.54) is 6.42 Å².